The number of nitrogens with zero attached hydrogens (tertiary/aromatic N) is 1. The molecule has 5 nitrogen and oxygen atoms in total. The normalized spacial score (nSPS) is 19.6. The summed E-state index contributed by atoms with van der Waals surface area (Å²) in [4.78, 5) is 26.5. The Morgan fingerprint density at radius 1 is 1.21 bits per heavy atom. The van der Waals surface area contributed by atoms with Gasteiger partial charge in [-0.2, -0.15) is 0 Å². The molecule has 1 aromatic carbocycles. The Morgan fingerprint density at radius 2 is 1.88 bits per heavy atom. The van der Waals surface area contributed by atoms with Gasteiger partial charge < -0.3 is 15.3 Å². The second-order valence-corrected chi connectivity index (χ2v) is 7.16. The van der Waals surface area contributed by atoms with E-state index in [0.717, 1.165) is 44.9 Å². The highest BCUT2D eigenvalue weighted by Crippen LogP contribution is 2.33. The molecule has 2 saturated carbocycles. The molecule has 2 aliphatic rings. The molecule has 0 unspecified atom stereocenters. The molecule has 3 rings (SSSR count). The van der Waals surface area contributed by atoms with Crippen molar-refractivity contribution >= 4 is 17.5 Å². The summed E-state index contributed by atoms with van der Waals surface area (Å²) in [6.07, 6.45) is 6.48. The molecule has 0 spiro atoms. The lowest BCUT2D eigenvalue weighted by atomic mass is 9.85. The standard InChI is InChI=1S/C19H26N2O3/c1-21(18(23)14-9-10-14)16-8-4-3-7-15(16)17(22)20-13-19(24)11-5-2-6-12-19/h3-4,7-8,14,24H,2,5-6,9-13H2,1H3,(H,20,22). The Labute approximate surface area is 143 Å². The minimum atomic E-state index is -0.793. The van der Waals surface area contributed by atoms with Crippen molar-refractivity contribution in [2.24, 2.45) is 5.92 Å². The van der Waals surface area contributed by atoms with E-state index >= 15 is 0 Å². The summed E-state index contributed by atoms with van der Waals surface area (Å²) < 4.78 is 0. The Bertz CT molecular complexity index is 619. The second-order valence-electron chi connectivity index (χ2n) is 7.16. The van der Waals surface area contributed by atoms with Gasteiger partial charge in [-0.15, -0.1) is 0 Å². The molecule has 2 N–H and O–H groups in total. The molecule has 2 amide bonds. The molecule has 5 heteroatoms. The number of amides is 2. The first-order valence-corrected chi connectivity index (χ1v) is 8.87. The number of rotatable bonds is 5. The Kier molecular flexibility index (Phi) is 4.90. The summed E-state index contributed by atoms with van der Waals surface area (Å²) in [6.45, 7) is 0.264. The fraction of sp³-hybridized carbons (Fsp3) is 0.579. The average molecular weight is 330 g/mol. The van der Waals surface area contributed by atoms with Gasteiger partial charge in [-0.05, 0) is 37.8 Å². The SMILES string of the molecule is CN(C(=O)C1CC1)c1ccccc1C(=O)NCC1(O)CCCCC1. The van der Waals surface area contributed by atoms with E-state index in [1.54, 1.807) is 30.1 Å². The smallest absolute Gasteiger partial charge is 0.253 e. The van der Waals surface area contributed by atoms with Gasteiger partial charge in [0.1, 0.15) is 0 Å². The van der Waals surface area contributed by atoms with E-state index < -0.39 is 5.60 Å². The lowest BCUT2D eigenvalue weighted by molar-refractivity contribution is -0.119. The maximum absolute atomic E-state index is 12.6. The third kappa shape index (κ3) is 3.78. The van der Waals surface area contributed by atoms with Crippen LogP contribution in [0, 0.1) is 5.92 Å². The van der Waals surface area contributed by atoms with E-state index in [0.29, 0.717) is 11.3 Å². The maximum atomic E-state index is 12.6. The van der Waals surface area contributed by atoms with Crippen molar-refractivity contribution in [2.45, 2.75) is 50.5 Å². The van der Waals surface area contributed by atoms with Crippen molar-refractivity contribution in [3.8, 4) is 0 Å². The molecular weight excluding hydrogens is 304 g/mol. The van der Waals surface area contributed by atoms with Crippen molar-refractivity contribution in [3.63, 3.8) is 0 Å². The quantitative estimate of drug-likeness (QED) is 0.871. The number of carbonyl (C=O) groups excluding carboxylic acids is 2. The number of hydrogen-bond acceptors (Lipinski definition) is 3. The van der Waals surface area contributed by atoms with Crippen LogP contribution in [0.4, 0.5) is 5.69 Å². The minimum absolute atomic E-state index is 0.0705. The molecule has 0 saturated heterocycles. The van der Waals surface area contributed by atoms with E-state index in [2.05, 4.69) is 5.32 Å². The molecule has 0 atom stereocenters. The molecule has 1 aromatic rings. The number of aliphatic hydroxyl groups is 1. The van der Waals surface area contributed by atoms with Crippen molar-refractivity contribution < 1.29 is 14.7 Å². The molecule has 0 aliphatic heterocycles. The summed E-state index contributed by atoms with van der Waals surface area (Å²) in [5, 5.41) is 13.4. The van der Waals surface area contributed by atoms with Gasteiger partial charge >= 0.3 is 0 Å². The number of anilines is 1. The van der Waals surface area contributed by atoms with Gasteiger partial charge in [-0.3, -0.25) is 9.59 Å². The van der Waals surface area contributed by atoms with Crippen LogP contribution in [-0.2, 0) is 4.79 Å². The van der Waals surface area contributed by atoms with E-state index in [9.17, 15) is 14.7 Å². The average Bonchev–Trinajstić information content (AvgIpc) is 3.44. The van der Waals surface area contributed by atoms with Crippen molar-refractivity contribution in [1.82, 2.24) is 5.32 Å². The number of nitrogens with one attached hydrogen (secondary N) is 1. The van der Waals surface area contributed by atoms with Crippen LogP contribution >= 0.6 is 0 Å². The van der Waals surface area contributed by atoms with Gasteiger partial charge in [0, 0.05) is 19.5 Å². The first kappa shape index (κ1) is 17.0. The largest absolute Gasteiger partial charge is 0.388 e. The van der Waals surface area contributed by atoms with Crippen LogP contribution in [0.5, 0.6) is 0 Å². The molecule has 0 radical (unpaired) electrons. The molecule has 0 aromatic heterocycles. The number of para-hydroxylation sites is 1. The van der Waals surface area contributed by atoms with E-state index in [1.807, 2.05) is 6.07 Å². The first-order chi connectivity index (χ1) is 11.5. The highest BCUT2D eigenvalue weighted by atomic mass is 16.3. The van der Waals surface area contributed by atoms with Crippen molar-refractivity contribution in [3.05, 3.63) is 29.8 Å². The van der Waals surface area contributed by atoms with E-state index in [-0.39, 0.29) is 24.3 Å². The zero-order valence-corrected chi connectivity index (χ0v) is 14.3. The zero-order valence-electron chi connectivity index (χ0n) is 14.3. The third-order valence-corrected chi connectivity index (χ3v) is 5.13. The van der Waals surface area contributed by atoms with Crippen LogP contribution < -0.4 is 10.2 Å². The predicted octanol–water partition coefficient (Wildman–Crippen LogP) is 2.48. The fourth-order valence-electron chi connectivity index (χ4n) is 3.41. The predicted molar refractivity (Wildman–Crippen MR) is 92.9 cm³/mol. The second kappa shape index (κ2) is 6.93. The highest BCUT2D eigenvalue weighted by Gasteiger charge is 2.34. The Hall–Kier alpha value is -1.88. The summed E-state index contributed by atoms with van der Waals surface area (Å²) in [7, 11) is 1.72. The molecule has 2 fully saturated rings. The molecule has 130 valence electrons. The Balaban J connectivity index is 1.69. The molecular formula is C19H26N2O3. The monoisotopic (exact) mass is 330 g/mol. The van der Waals surface area contributed by atoms with Crippen molar-refractivity contribution in [2.75, 3.05) is 18.5 Å². The molecule has 0 heterocycles. The van der Waals surface area contributed by atoms with Crippen LogP contribution in [0.15, 0.2) is 24.3 Å². The first-order valence-electron chi connectivity index (χ1n) is 8.87. The van der Waals surface area contributed by atoms with Crippen LogP contribution in [0.25, 0.3) is 0 Å². The summed E-state index contributed by atoms with van der Waals surface area (Å²) in [5.41, 5.74) is 0.314. The molecule has 24 heavy (non-hydrogen) atoms. The van der Waals surface area contributed by atoms with Gasteiger partial charge in [0.25, 0.3) is 5.91 Å². The Morgan fingerprint density at radius 3 is 2.54 bits per heavy atom. The number of benzene rings is 1. The highest BCUT2D eigenvalue weighted by molar-refractivity contribution is 6.05. The van der Waals surface area contributed by atoms with Gasteiger partial charge in [0.2, 0.25) is 5.91 Å². The summed E-state index contributed by atoms with van der Waals surface area (Å²) in [5.74, 6) is -0.0599. The van der Waals surface area contributed by atoms with Gasteiger partial charge in [-0.25, -0.2) is 0 Å². The van der Waals surface area contributed by atoms with Crippen LogP contribution in [0.1, 0.15) is 55.3 Å². The van der Waals surface area contributed by atoms with E-state index in [1.165, 1.54) is 0 Å². The number of carbonyl (C=O) groups is 2. The topological polar surface area (TPSA) is 69.6 Å². The molecule has 0 bridgehead atoms. The van der Waals surface area contributed by atoms with Gasteiger partial charge in [0.15, 0.2) is 0 Å². The lowest BCUT2D eigenvalue weighted by Gasteiger charge is -2.32. The zero-order chi connectivity index (χ0) is 17.2. The minimum Gasteiger partial charge on any atom is -0.388 e. The summed E-state index contributed by atoms with van der Waals surface area (Å²) in [6, 6.07) is 7.15. The van der Waals surface area contributed by atoms with Gasteiger partial charge in [-0.1, -0.05) is 31.4 Å². The van der Waals surface area contributed by atoms with Crippen LogP contribution in [0.3, 0.4) is 0 Å². The van der Waals surface area contributed by atoms with E-state index in [4.69, 9.17) is 0 Å². The molecule has 2 aliphatic carbocycles. The third-order valence-electron chi connectivity index (χ3n) is 5.13. The van der Waals surface area contributed by atoms with Gasteiger partial charge in [0.05, 0.1) is 16.9 Å². The lowest BCUT2D eigenvalue weighted by Crippen LogP contribution is -2.44. The summed E-state index contributed by atoms with van der Waals surface area (Å²) >= 11 is 0. The van der Waals surface area contributed by atoms with Crippen molar-refractivity contribution in [1.29, 1.82) is 0 Å². The fourth-order valence-corrected chi connectivity index (χ4v) is 3.41. The maximum Gasteiger partial charge on any atom is 0.253 e. The van der Waals surface area contributed by atoms with Crippen LogP contribution in [-0.4, -0.2) is 36.1 Å². The van der Waals surface area contributed by atoms with Crippen LogP contribution in [0.2, 0.25) is 0 Å². The number of hydrogen-bond donors (Lipinski definition) is 2.